The molecule has 1 aliphatic carbocycles. The molecule has 15 aromatic rings. The van der Waals surface area contributed by atoms with E-state index in [9.17, 15) is 34.8 Å². The van der Waals surface area contributed by atoms with E-state index in [1.165, 1.54) is 178 Å². The summed E-state index contributed by atoms with van der Waals surface area (Å²) in [6, 6.07) is 104. The molecule has 0 amide bonds. The summed E-state index contributed by atoms with van der Waals surface area (Å²) in [6.07, 6.45) is -3.92. The van der Waals surface area contributed by atoms with Crippen molar-refractivity contribution in [1.82, 2.24) is 0 Å². The number of halogens is 6. The third kappa shape index (κ3) is 38.8. The number of ether oxygens (including phenoxy) is 1. The van der Waals surface area contributed by atoms with Gasteiger partial charge in [0.1, 0.15) is 11.5 Å². The van der Waals surface area contributed by atoms with Gasteiger partial charge in [0, 0.05) is 0 Å². The van der Waals surface area contributed by atoms with Crippen LogP contribution in [0, 0.1) is 136 Å². The van der Waals surface area contributed by atoms with Gasteiger partial charge in [0.15, 0.2) is 0 Å². The number of fused-ring (bicyclic) bond motifs is 2. The normalized spacial score (nSPS) is 12.6. The van der Waals surface area contributed by atoms with Crippen LogP contribution in [-0.2, 0) is 26.1 Å². The molecule has 0 saturated heterocycles. The first kappa shape index (κ1) is 118. The monoisotopic (exact) mass is 1890 g/mol. The lowest BCUT2D eigenvalue weighted by molar-refractivity contribution is -0.288. The summed E-state index contributed by atoms with van der Waals surface area (Å²) in [7, 11) is -3.37. The fourth-order valence-corrected chi connectivity index (χ4v) is 16.4. The molecular weight excluding hydrogens is 1730 g/mol. The smallest absolute Gasteiger partial charge is 0.411 e. The van der Waals surface area contributed by atoms with Crippen molar-refractivity contribution in [2.45, 2.75) is 279 Å². The molecule has 0 heterocycles. The summed E-state index contributed by atoms with van der Waals surface area (Å²) in [5.41, 5.74) is 22.1. The van der Waals surface area contributed by atoms with E-state index in [1.54, 1.807) is 62.4 Å². The molecule has 0 bridgehead atoms. The van der Waals surface area contributed by atoms with Crippen molar-refractivity contribution < 1.29 is 39.5 Å². The van der Waals surface area contributed by atoms with Crippen molar-refractivity contribution in [2.24, 2.45) is 11.8 Å². The third-order valence-electron chi connectivity index (χ3n) is 23.4. The largest absolute Gasteiger partial charge is 0.457 e. The zero-order valence-corrected chi connectivity index (χ0v) is 87.1. The molecule has 1 fully saturated rings. The van der Waals surface area contributed by atoms with Crippen molar-refractivity contribution in [3.8, 4) is 22.6 Å². The van der Waals surface area contributed by atoms with Crippen LogP contribution in [0.2, 0.25) is 0 Å². The van der Waals surface area contributed by atoms with Crippen LogP contribution >= 0.6 is 0 Å². The molecule has 10 heteroatoms. The third-order valence-corrected chi connectivity index (χ3v) is 25.1. The van der Waals surface area contributed by atoms with Gasteiger partial charge in [-0.15, -0.1) is 0 Å². The molecule has 0 atom stereocenters. The molecule has 138 heavy (non-hydrogen) atoms. The van der Waals surface area contributed by atoms with E-state index in [0.717, 1.165) is 58.7 Å². The van der Waals surface area contributed by atoms with Gasteiger partial charge >= 0.3 is 12.4 Å². The SMILES string of the molecule is C.C.CC1CCC(C)CC1.CCC.Cc1cc(C)cc(C(C)(C)C)c1.Cc1cc(C)cc(C(C)(C)C)c1.Cc1ccc(-c2ccc(C)cc2)cc1.Cc1ccc(C(c2ccc(C)cc2)(C(F)(F)F)C(F)(F)F)cc1.Cc1ccc(C)c2ccccc12.Cc1ccc(Oc2ccc(C)cc2)cc1.Cc1ccc(S(=O)(=O)c2ccc(C)cc2)cc1.Cc1ccc2cc(C)ccc2c1.Cc1cccc(C)c1. The standard InChI is InChI=1S/C17H14F6.C14H14O2S.C14H14O.C14H14.2C12H12.2C12H18.C8H16.C8H10.C3H8.2CH4/c1-11-3-7-13(8-4-11)15(16(18,19)20,17(21,22)23)14-9-5-12(2)6-10-14;1-11-3-7-13(8-4-11)17(15,16)14-9-5-12(2)6-10-14;1-11-3-7-13(8-4-11)15-14-9-5-12(2)6-10-14;1-11-3-7-13(8-4-11)14-9-5-12(2)6-10-14;1-9-3-5-12-8-10(2)4-6-11(12)7-9;1-9-7-8-10(2)12-6-4-3-5-11(9)12;2*1-9-6-10(2)8-11(7-9)12(3,4)5;1-7-3-5-8(2)6-4-7;1-7-4-3-5-8(2)6-7;1-3-2;;/h3-10H,1-2H3;3-10H,1-2H3;3-10H,1-2H3;3-10H,1-2H3;2*3-8H,1-2H3;2*6-8H,1-5H3;7-8H,3-6H2,1-2H3;3-6H,1-2H3;3H2,1-2H3;2*1H4. The van der Waals surface area contributed by atoms with Crippen molar-refractivity contribution in [1.29, 1.82) is 0 Å². The Kier molecular flexibility index (Phi) is 47.8. The Hall–Kier alpha value is -11.9. The molecule has 0 aliphatic heterocycles. The van der Waals surface area contributed by atoms with Gasteiger partial charge in [-0.25, -0.2) is 8.42 Å². The zero-order valence-electron chi connectivity index (χ0n) is 86.3. The lowest BCUT2D eigenvalue weighted by atomic mass is 9.72. The number of rotatable bonds is 7. The van der Waals surface area contributed by atoms with Gasteiger partial charge in [-0.3, -0.25) is 0 Å². The first-order valence-corrected chi connectivity index (χ1v) is 49.0. The van der Waals surface area contributed by atoms with E-state index >= 15 is 0 Å². The highest BCUT2D eigenvalue weighted by molar-refractivity contribution is 7.91. The van der Waals surface area contributed by atoms with Crippen molar-refractivity contribution in [3.05, 3.63) is 450 Å². The lowest BCUT2D eigenvalue weighted by Gasteiger charge is -2.38. The van der Waals surface area contributed by atoms with Gasteiger partial charge in [-0.1, -0.05) is 484 Å². The Morgan fingerprint density at radius 3 is 0.746 bits per heavy atom. The summed E-state index contributed by atoms with van der Waals surface area (Å²) in [5.74, 6) is 3.80. The molecule has 15 aromatic carbocycles. The maximum Gasteiger partial charge on any atom is 0.411 e. The molecule has 0 unspecified atom stereocenters. The first-order chi connectivity index (χ1) is 63.8. The van der Waals surface area contributed by atoms with E-state index in [1.807, 2.05) is 62.4 Å². The van der Waals surface area contributed by atoms with Gasteiger partial charge in [0.25, 0.3) is 0 Å². The highest BCUT2D eigenvalue weighted by Gasteiger charge is 2.72. The molecule has 0 spiro atoms. The molecule has 1 aliphatic rings. The van der Waals surface area contributed by atoms with Crippen LogP contribution in [0.3, 0.4) is 0 Å². The van der Waals surface area contributed by atoms with E-state index in [4.69, 9.17) is 4.74 Å². The Balaban J connectivity index is 0.000000322. The van der Waals surface area contributed by atoms with E-state index in [0.29, 0.717) is 20.9 Å². The Bertz CT molecular complexity index is 5820. The minimum atomic E-state index is -5.53. The topological polar surface area (TPSA) is 43.4 Å². The predicted octanol–water partition coefficient (Wildman–Crippen LogP) is 38.9. The lowest BCUT2D eigenvalue weighted by Crippen LogP contribution is -2.54. The van der Waals surface area contributed by atoms with E-state index in [2.05, 4.69) is 348 Å². The number of hydrogen-bond donors (Lipinski definition) is 0. The Morgan fingerprint density at radius 1 is 0.268 bits per heavy atom. The van der Waals surface area contributed by atoms with Crippen LogP contribution < -0.4 is 4.74 Å². The molecule has 0 aromatic heterocycles. The van der Waals surface area contributed by atoms with Gasteiger partial charge in [0.05, 0.1) is 9.79 Å². The van der Waals surface area contributed by atoms with Gasteiger partial charge in [0.2, 0.25) is 15.3 Å². The van der Waals surface area contributed by atoms with Crippen LogP contribution in [0.4, 0.5) is 26.3 Å². The molecule has 0 N–H and O–H groups in total. The highest BCUT2D eigenvalue weighted by atomic mass is 32.2. The fourth-order valence-electron chi connectivity index (χ4n) is 15.1. The summed E-state index contributed by atoms with van der Waals surface area (Å²) in [5, 5.41) is 5.41. The average molecular weight is 1890 g/mol. The molecule has 16 rings (SSSR count). The fraction of sp³-hybridized carbons (Fsp3) is 0.328. The van der Waals surface area contributed by atoms with Crippen LogP contribution in [0.15, 0.2) is 337 Å². The molecule has 736 valence electrons. The molecule has 1 saturated carbocycles. The number of hydrogen-bond acceptors (Lipinski definition) is 3. The Morgan fingerprint density at radius 2 is 0.500 bits per heavy atom. The van der Waals surface area contributed by atoms with E-state index < -0.39 is 38.7 Å². The number of alkyl halides is 6. The van der Waals surface area contributed by atoms with Crippen LogP contribution in [0.25, 0.3) is 32.7 Å². The Labute approximate surface area is 829 Å². The predicted molar refractivity (Wildman–Crippen MR) is 585 cm³/mol. The number of benzene rings is 15. The van der Waals surface area contributed by atoms with Gasteiger partial charge < -0.3 is 4.74 Å². The summed E-state index contributed by atoms with van der Waals surface area (Å²) in [4.78, 5) is 0.680. The molecule has 3 nitrogen and oxygen atoms in total. The van der Waals surface area contributed by atoms with Gasteiger partial charge in [-0.05, 0) is 262 Å². The maximum absolute atomic E-state index is 13.7. The highest BCUT2D eigenvalue weighted by Crippen LogP contribution is 2.56. The second kappa shape index (κ2) is 55.7. The van der Waals surface area contributed by atoms with Crippen molar-refractivity contribution in [3.63, 3.8) is 0 Å². The summed E-state index contributed by atoms with van der Waals surface area (Å²) >= 11 is 0. The zero-order chi connectivity index (χ0) is 101. The van der Waals surface area contributed by atoms with Crippen molar-refractivity contribution in [2.75, 3.05) is 0 Å². The van der Waals surface area contributed by atoms with Crippen molar-refractivity contribution >= 4 is 31.4 Å². The maximum atomic E-state index is 13.7. The number of aryl methyl sites for hydroxylation is 18. The minimum Gasteiger partial charge on any atom is -0.457 e. The van der Waals surface area contributed by atoms with Gasteiger partial charge in [-0.2, -0.15) is 26.3 Å². The second-order valence-electron chi connectivity index (χ2n) is 39.1. The summed E-state index contributed by atoms with van der Waals surface area (Å²) < 4.78 is 113. The number of sulfone groups is 1. The molecule has 0 radical (unpaired) electrons. The minimum absolute atomic E-state index is 0. The molecular formula is C128H158F6O3S. The quantitative estimate of drug-likeness (QED) is 0.149. The second-order valence-corrected chi connectivity index (χ2v) is 41.1. The van der Waals surface area contributed by atoms with Crippen LogP contribution in [0.1, 0.15) is 239 Å². The van der Waals surface area contributed by atoms with E-state index in [-0.39, 0.29) is 25.7 Å². The first-order valence-electron chi connectivity index (χ1n) is 47.6. The van der Waals surface area contributed by atoms with Crippen LogP contribution in [-0.4, -0.2) is 20.8 Å². The summed E-state index contributed by atoms with van der Waals surface area (Å²) in [6.45, 7) is 59.3. The average Bonchev–Trinajstić information content (AvgIpc) is 0.715. The van der Waals surface area contributed by atoms with Crippen LogP contribution in [0.5, 0.6) is 11.5 Å².